The molecule has 0 amide bonds. The molecule has 55 heavy (non-hydrogen) atoms. The summed E-state index contributed by atoms with van der Waals surface area (Å²) in [6.07, 6.45) is 0. The van der Waals surface area contributed by atoms with Crippen LogP contribution in [0.5, 0.6) is 11.5 Å². The minimum atomic E-state index is 0.766. The van der Waals surface area contributed by atoms with Gasteiger partial charge in [0.25, 0.3) is 0 Å². The van der Waals surface area contributed by atoms with Crippen LogP contribution in [0.2, 0.25) is 0 Å². The summed E-state index contributed by atoms with van der Waals surface area (Å²) >= 11 is 0. The van der Waals surface area contributed by atoms with E-state index in [9.17, 15) is 0 Å². The molecule has 0 atom stereocenters. The molecule has 0 fully saturated rings. The van der Waals surface area contributed by atoms with Gasteiger partial charge in [0.05, 0.1) is 33.4 Å². The standard InChI is InChI=1S/C52H34N2O/c1-3-14-35(15-4-1)38-26-28-50-46(30-38)44-21-9-11-23-48(44)53(50)40-32-41(34-42(33-40)55-52-25-13-19-37-18-7-8-20-43(37)52)54-49-24-12-10-22-45(49)47-31-39(27-29-51(47)54)36-16-5-2-6-17-36/h1-34H. The van der Waals surface area contributed by atoms with Gasteiger partial charge in [0.1, 0.15) is 11.5 Å². The van der Waals surface area contributed by atoms with Gasteiger partial charge in [0.2, 0.25) is 0 Å². The molecular formula is C52H34N2O. The van der Waals surface area contributed by atoms with Gasteiger partial charge in [-0.2, -0.15) is 0 Å². The Hall–Kier alpha value is -7.36. The van der Waals surface area contributed by atoms with Crippen molar-refractivity contribution in [2.45, 2.75) is 0 Å². The minimum Gasteiger partial charge on any atom is -0.457 e. The van der Waals surface area contributed by atoms with E-state index in [0.717, 1.165) is 55.7 Å². The molecule has 9 aromatic carbocycles. The monoisotopic (exact) mass is 702 g/mol. The zero-order valence-corrected chi connectivity index (χ0v) is 29.9. The predicted molar refractivity (Wildman–Crippen MR) is 230 cm³/mol. The van der Waals surface area contributed by atoms with Crippen molar-refractivity contribution in [2.75, 3.05) is 0 Å². The molecule has 0 saturated carbocycles. The van der Waals surface area contributed by atoms with Gasteiger partial charge in [-0.3, -0.25) is 0 Å². The van der Waals surface area contributed by atoms with Gasteiger partial charge in [-0.05, 0) is 76.2 Å². The predicted octanol–water partition coefficient (Wildman–Crippen LogP) is 14.2. The van der Waals surface area contributed by atoms with Gasteiger partial charge in [-0.25, -0.2) is 0 Å². The molecule has 2 heterocycles. The van der Waals surface area contributed by atoms with Crippen LogP contribution in [0.15, 0.2) is 206 Å². The van der Waals surface area contributed by atoms with Gasteiger partial charge in [0.15, 0.2) is 0 Å². The van der Waals surface area contributed by atoms with Crippen LogP contribution in [0.3, 0.4) is 0 Å². The Kier molecular flexibility index (Phi) is 7.17. The first-order chi connectivity index (χ1) is 27.3. The van der Waals surface area contributed by atoms with E-state index in [-0.39, 0.29) is 0 Å². The summed E-state index contributed by atoms with van der Waals surface area (Å²) in [5.41, 5.74) is 11.4. The number of rotatable bonds is 6. The fourth-order valence-corrected chi connectivity index (χ4v) is 8.42. The van der Waals surface area contributed by atoms with E-state index in [1.165, 1.54) is 43.8 Å². The zero-order valence-electron chi connectivity index (χ0n) is 29.9. The Labute approximate surface area is 318 Å². The van der Waals surface area contributed by atoms with E-state index < -0.39 is 0 Å². The highest BCUT2D eigenvalue weighted by molar-refractivity contribution is 6.12. The summed E-state index contributed by atoms with van der Waals surface area (Å²) in [4.78, 5) is 0. The normalized spacial score (nSPS) is 11.6. The molecule has 258 valence electrons. The molecule has 11 rings (SSSR count). The van der Waals surface area contributed by atoms with E-state index in [4.69, 9.17) is 4.74 Å². The van der Waals surface area contributed by atoms with Crippen molar-refractivity contribution in [3.8, 4) is 45.1 Å². The molecule has 11 aromatic rings. The molecule has 0 bridgehead atoms. The maximum absolute atomic E-state index is 6.94. The van der Waals surface area contributed by atoms with E-state index in [2.05, 4.69) is 215 Å². The number of aromatic nitrogens is 2. The van der Waals surface area contributed by atoms with Crippen molar-refractivity contribution in [2.24, 2.45) is 0 Å². The maximum Gasteiger partial charge on any atom is 0.135 e. The SMILES string of the molecule is c1ccc(-c2ccc3c(c2)c2ccccc2n3-c2cc(Oc3cccc4ccccc34)cc(-n3c4ccccc4c4cc(-c5ccccc5)ccc43)c2)cc1. The molecule has 0 aliphatic rings. The molecular weight excluding hydrogens is 669 g/mol. The summed E-state index contributed by atoms with van der Waals surface area (Å²) in [5, 5.41) is 7.07. The molecule has 0 radical (unpaired) electrons. The lowest BCUT2D eigenvalue weighted by Crippen LogP contribution is -2.00. The Morgan fingerprint density at radius 1 is 0.291 bits per heavy atom. The van der Waals surface area contributed by atoms with Crippen LogP contribution in [0.25, 0.3) is 88.0 Å². The average molecular weight is 703 g/mol. The van der Waals surface area contributed by atoms with Crippen molar-refractivity contribution in [3.05, 3.63) is 206 Å². The number of ether oxygens (including phenoxy) is 1. The fourth-order valence-electron chi connectivity index (χ4n) is 8.42. The topological polar surface area (TPSA) is 19.1 Å². The quantitative estimate of drug-likeness (QED) is 0.169. The second-order valence-corrected chi connectivity index (χ2v) is 14.2. The van der Waals surface area contributed by atoms with Crippen molar-refractivity contribution in [1.29, 1.82) is 0 Å². The maximum atomic E-state index is 6.94. The number of hydrogen-bond donors (Lipinski definition) is 0. The highest BCUT2D eigenvalue weighted by atomic mass is 16.5. The third kappa shape index (κ3) is 5.20. The van der Waals surface area contributed by atoms with E-state index in [1.54, 1.807) is 0 Å². The Morgan fingerprint density at radius 2 is 0.745 bits per heavy atom. The summed E-state index contributed by atoms with van der Waals surface area (Å²) in [7, 11) is 0. The summed E-state index contributed by atoms with van der Waals surface area (Å²) < 4.78 is 11.7. The molecule has 0 aliphatic carbocycles. The summed E-state index contributed by atoms with van der Waals surface area (Å²) in [5.74, 6) is 1.59. The second kappa shape index (κ2) is 12.6. The van der Waals surface area contributed by atoms with E-state index >= 15 is 0 Å². The van der Waals surface area contributed by atoms with Crippen LogP contribution in [-0.2, 0) is 0 Å². The first-order valence-electron chi connectivity index (χ1n) is 18.8. The van der Waals surface area contributed by atoms with Crippen LogP contribution >= 0.6 is 0 Å². The van der Waals surface area contributed by atoms with E-state index in [1.807, 2.05) is 0 Å². The van der Waals surface area contributed by atoms with Crippen LogP contribution in [-0.4, -0.2) is 9.13 Å². The highest BCUT2D eigenvalue weighted by Crippen LogP contribution is 2.40. The van der Waals surface area contributed by atoms with Crippen molar-refractivity contribution < 1.29 is 4.74 Å². The summed E-state index contributed by atoms with van der Waals surface area (Å²) in [6, 6.07) is 73.7. The molecule has 3 nitrogen and oxygen atoms in total. The number of benzene rings is 9. The Balaban J connectivity index is 1.18. The van der Waals surface area contributed by atoms with Crippen molar-refractivity contribution in [1.82, 2.24) is 9.13 Å². The number of fused-ring (bicyclic) bond motifs is 7. The van der Waals surface area contributed by atoms with Crippen LogP contribution in [0.1, 0.15) is 0 Å². The van der Waals surface area contributed by atoms with Crippen LogP contribution in [0.4, 0.5) is 0 Å². The third-order valence-electron chi connectivity index (χ3n) is 10.9. The first kappa shape index (κ1) is 31.2. The third-order valence-corrected chi connectivity index (χ3v) is 10.9. The zero-order chi connectivity index (χ0) is 36.3. The van der Waals surface area contributed by atoms with Crippen LogP contribution < -0.4 is 4.74 Å². The number of nitrogens with zero attached hydrogens (tertiary/aromatic N) is 2. The fraction of sp³-hybridized carbons (Fsp3) is 0. The molecule has 0 saturated heterocycles. The largest absolute Gasteiger partial charge is 0.457 e. The average Bonchev–Trinajstić information content (AvgIpc) is 3.77. The lowest BCUT2D eigenvalue weighted by atomic mass is 10.0. The molecule has 0 unspecified atom stereocenters. The Morgan fingerprint density at radius 3 is 1.31 bits per heavy atom. The number of para-hydroxylation sites is 2. The second-order valence-electron chi connectivity index (χ2n) is 14.2. The highest BCUT2D eigenvalue weighted by Gasteiger charge is 2.19. The number of hydrogen-bond acceptors (Lipinski definition) is 1. The molecule has 2 aromatic heterocycles. The lowest BCUT2D eigenvalue weighted by Gasteiger charge is -2.17. The molecule has 0 N–H and O–H groups in total. The van der Waals surface area contributed by atoms with Gasteiger partial charge >= 0.3 is 0 Å². The van der Waals surface area contributed by atoms with Gasteiger partial charge in [-0.1, -0.05) is 146 Å². The molecule has 3 heteroatoms. The minimum absolute atomic E-state index is 0.766. The van der Waals surface area contributed by atoms with Gasteiger partial charge in [0, 0.05) is 39.1 Å². The van der Waals surface area contributed by atoms with Gasteiger partial charge in [-0.15, -0.1) is 0 Å². The first-order valence-corrected chi connectivity index (χ1v) is 18.8. The van der Waals surface area contributed by atoms with E-state index in [0.29, 0.717) is 0 Å². The molecule has 0 spiro atoms. The lowest BCUT2D eigenvalue weighted by molar-refractivity contribution is 0.488. The van der Waals surface area contributed by atoms with Crippen LogP contribution in [0, 0.1) is 0 Å². The van der Waals surface area contributed by atoms with Crippen molar-refractivity contribution >= 4 is 54.4 Å². The molecule has 0 aliphatic heterocycles. The van der Waals surface area contributed by atoms with Gasteiger partial charge < -0.3 is 13.9 Å². The smallest absolute Gasteiger partial charge is 0.135 e. The Bertz CT molecular complexity index is 3050. The van der Waals surface area contributed by atoms with Crippen molar-refractivity contribution in [3.63, 3.8) is 0 Å². The summed E-state index contributed by atoms with van der Waals surface area (Å²) in [6.45, 7) is 0.